The predicted octanol–water partition coefficient (Wildman–Crippen LogP) is 1.78. The molecule has 106 valence electrons. The van der Waals surface area contributed by atoms with Crippen molar-refractivity contribution < 1.29 is 9.90 Å². The molecular formula is C13H21N3O2S. The Morgan fingerprint density at radius 3 is 2.79 bits per heavy atom. The van der Waals surface area contributed by atoms with Crippen molar-refractivity contribution in [1.82, 2.24) is 9.69 Å². The summed E-state index contributed by atoms with van der Waals surface area (Å²) in [6, 6.07) is 0. The first-order valence-corrected chi connectivity index (χ1v) is 7.42. The molecule has 0 aliphatic heterocycles. The summed E-state index contributed by atoms with van der Waals surface area (Å²) >= 11 is 1.31. The number of rotatable bonds is 6. The number of amides is 1. The van der Waals surface area contributed by atoms with Gasteiger partial charge in [0.1, 0.15) is 5.00 Å². The molecule has 2 rings (SSSR count). The fraction of sp³-hybridized carbons (Fsp3) is 0.692. The van der Waals surface area contributed by atoms with Gasteiger partial charge in [0.15, 0.2) is 0 Å². The second-order valence-corrected chi connectivity index (χ2v) is 6.01. The number of carbonyl (C=O) groups is 1. The van der Waals surface area contributed by atoms with Crippen LogP contribution in [0.15, 0.2) is 0 Å². The van der Waals surface area contributed by atoms with E-state index in [0.29, 0.717) is 12.1 Å². The van der Waals surface area contributed by atoms with E-state index in [2.05, 4.69) is 15.0 Å². The lowest BCUT2D eigenvalue weighted by atomic mass is 9.67. The lowest BCUT2D eigenvalue weighted by Gasteiger charge is -2.41. The minimum atomic E-state index is -0.0696. The summed E-state index contributed by atoms with van der Waals surface area (Å²) in [6.45, 7) is 2.68. The highest BCUT2D eigenvalue weighted by Crippen LogP contribution is 2.43. The molecule has 1 saturated carbocycles. The third-order valence-electron chi connectivity index (χ3n) is 4.00. The van der Waals surface area contributed by atoms with Gasteiger partial charge in [-0.2, -0.15) is 4.37 Å². The topological polar surface area (TPSA) is 74.2 Å². The summed E-state index contributed by atoms with van der Waals surface area (Å²) < 4.78 is 4.20. The summed E-state index contributed by atoms with van der Waals surface area (Å²) in [5.74, 6) is -0.0696. The van der Waals surface area contributed by atoms with E-state index in [1.54, 1.807) is 7.05 Å². The quantitative estimate of drug-likeness (QED) is 0.744. The molecule has 0 saturated heterocycles. The summed E-state index contributed by atoms with van der Waals surface area (Å²) in [5.41, 5.74) is 1.52. The minimum Gasteiger partial charge on any atom is -0.396 e. The first-order valence-electron chi connectivity index (χ1n) is 6.65. The molecule has 1 aromatic heterocycles. The number of aromatic nitrogens is 1. The molecule has 0 unspecified atom stereocenters. The monoisotopic (exact) mass is 283 g/mol. The smallest absolute Gasteiger partial charge is 0.256 e. The van der Waals surface area contributed by atoms with Crippen LogP contribution in [0.2, 0.25) is 0 Å². The second kappa shape index (κ2) is 5.88. The molecule has 1 fully saturated rings. The molecule has 0 spiro atoms. The highest BCUT2D eigenvalue weighted by Gasteiger charge is 2.36. The maximum atomic E-state index is 12.3. The summed E-state index contributed by atoms with van der Waals surface area (Å²) in [7, 11) is 1.79. The molecular weight excluding hydrogens is 262 g/mol. The van der Waals surface area contributed by atoms with Crippen LogP contribution < -0.4 is 10.6 Å². The standard InChI is InChI=1S/C13H21N3O2S/c1-9-10(12(14-2)19-16-9)11(18)15-8-13(6-7-17)4-3-5-13/h14,17H,3-8H2,1-2H3,(H,15,18). The second-order valence-electron chi connectivity index (χ2n) is 5.23. The van der Waals surface area contributed by atoms with Crippen molar-refractivity contribution in [3.63, 3.8) is 0 Å². The van der Waals surface area contributed by atoms with Gasteiger partial charge in [-0.25, -0.2) is 0 Å². The Labute approximate surface area is 117 Å². The lowest BCUT2D eigenvalue weighted by molar-refractivity contribution is 0.0732. The Kier molecular flexibility index (Phi) is 4.42. The summed E-state index contributed by atoms with van der Waals surface area (Å²) in [4.78, 5) is 12.3. The van der Waals surface area contributed by atoms with E-state index in [9.17, 15) is 4.79 Å². The molecule has 6 heteroatoms. The van der Waals surface area contributed by atoms with Crippen molar-refractivity contribution in [2.75, 3.05) is 25.5 Å². The third-order valence-corrected chi connectivity index (χ3v) is 4.95. The van der Waals surface area contributed by atoms with Crippen molar-refractivity contribution in [3.8, 4) is 0 Å². The van der Waals surface area contributed by atoms with Gasteiger partial charge in [-0.15, -0.1) is 0 Å². The number of hydrogen-bond donors (Lipinski definition) is 3. The average molecular weight is 283 g/mol. The molecule has 0 radical (unpaired) electrons. The number of carbonyl (C=O) groups excluding carboxylic acids is 1. The first-order chi connectivity index (χ1) is 9.12. The normalized spacial score (nSPS) is 16.8. The van der Waals surface area contributed by atoms with Crippen LogP contribution in [0.5, 0.6) is 0 Å². The van der Waals surface area contributed by atoms with Gasteiger partial charge in [-0.3, -0.25) is 4.79 Å². The number of anilines is 1. The largest absolute Gasteiger partial charge is 0.396 e. The summed E-state index contributed by atoms with van der Waals surface area (Å²) in [6.07, 6.45) is 4.14. The zero-order valence-electron chi connectivity index (χ0n) is 11.5. The van der Waals surface area contributed by atoms with Gasteiger partial charge in [-0.05, 0) is 43.1 Å². The molecule has 1 aromatic rings. The van der Waals surface area contributed by atoms with Crippen molar-refractivity contribution in [2.45, 2.75) is 32.6 Å². The van der Waals surface area contributed by atoms with E-state index in [4.69, 9.17) is 5.11 Å². The molecule has 0 bridgehead atoms. The summed E-state index contributed by atoms with van der Waals surface area (Å²) in [5, 5.41) is 15.9. The van der Waals surface area contributed by atoms with Crippen LogP contribution in [0.1, 0.15) is 41.7 Å². The maximum Gasteiger partial charge on any atom is 0.256 e. The lowest BCUT2D eigenvalue weighted by Crippen LogP contribution is -2.42. The molecule has 1 aliphatic rings. The third kappa shape index (κ3) is 2.90. The van der Waals surface area contributed by atoms with E-state index in [1.165, 1.54) is 18.0 Å². The van der Waals surface area contributed by atoms with Gasteiger partial charge in [0, 0.05) is 20.2 Å². The highest BCUT2D eigenvalue weighted by atomic mass is 32.1. The van der Waals surface area contributed by atoms with Crippen molar-refractivity contribution in [3.05, 3.63) is 11.3 Å². The predicted molar refractivity (Wildman–Crippen MR) is 76.7 cm³/mol. The zero-order chi connectivity index (χ0) is 13.9. The Morgan fingerprint density at radius 2 is 2.26 bits per heavy atom. The van der Waals surface area contributed by atoms with E-state index >= 15 is 0 Å². The molecule has 0 atom stereocenters. The number of nitrogens with one attached hydrogen (secondary N) is 2. The molecule has 1 amide bonds. The Balaban J connectivity index is 1.99. The first kappa shape index (κ1) is 14.3. The average Bonchev–Trinajstić information content (AvgIpc) is 2.73. The van der Waals surface area contributed by atoms with Gasteiger partial charge < -0.3 is 15.7 Å². The number of nitrogens with zero attached hydrogens (tertiary/aromatic N) is 1. The van der Waals surface area contributed by atoms with Crippen LogP contribution in [0.3, 0.4) is 0 Å². The van der Waals surface area contributed by atoms with Crippen molar-refractivity contribution >= 4 is 22.4 Å². The van der Waals surface area contributed by atoms with Crippen LogP contribution in [-0.2, 0) is 0 Å². The minimum absolute atomic E-state index is 0.0696. The molecule has 19 heavy (non-hydrogen) atoms. The van der Waals surface area contributed by atoms with E-state index in [-0.39, 0.29) is 17.9 Å². The van der Waals surface area contributed by atoms with Gasteiger partial charge in [-0.1, -0.05) is 6.42 Å². The molecule has 3 N–H and O–H groups in total. The molecule has 1 aliphatic carbocycles. The van der Waals surface area contributed by atoms with Gasteiger partial charge >= 0.3 is 0 Å². The van der Waals surface area contributed by atoms with Gasteiger partial charge in [0.05, 0.1) is 11.3 Å². The SMILES string of the molecule is CNc1snc(C)c1C(=O)NCC1(CCO)CCC1. The highest BCUT2D eigenvalue weighted by molar-refractivity contribution is 7.10. The van der Waals surface area contributed by atoms with E-state index in [0.717, 1.165) is 30.0 Å². The van der Waals surface area contributed by atoms with Crippen LogP contribution >= 0.6 is 11.5 Å². The molecule has 5 nitrogen and oxygen atoms in total. The van der Waals surface area contributed by atoms with Crippen molar-refractivity contribution in [1.29, 1.82) is 0 Å². The van der Waals surface area contributed by atoms with Gasteiger partial charge in [0.2, 0.25) is 0 Å². The van der Waals surface area contributed by atoms with E-state index < -0.39 is 0 Å². The Morgan fingerprint density at radius 1 is 1.53 bits per heavy atom. The Bertz CT molecular complexity index is 455. The number of aryl methyl sites for hydroxylation is 1. The fourth-order valence-electron chi connectivity index (χ4n) is 2.59. The van der Waals surface area contributed by atoms with Gasteiger partial charge in [0.25, 0.3) is 5.91 Å². The maximum absolute atomic E-state index is 12.3. The van der Waals surface area contributed by atoms with Crippen LogP contribution in [0.4, 0.5) is 5.00 Å². The van der Waals surface area contributed by atoms with Crippen LogP contribution in [0, 0.1) is 12.3 Å². The molecule has 0 aromatic carbocycles. The van der Waals surface area contributed by atoms with Crippen molar-refractivity contribution in [2.24, 2.45) is 5.41 Å². The number of aliphatic hydroxyl groups is 1. The molecule has 1 heterocycles. The number of hydrogen-bond acceptors (Lipinski definition) is 5. The van der Waals surface area contributed by atoms with Crippen LogP contribution in [0.25, 0.3) is 0 Å². The Hall–Kier alpha value is -1.14. The number of aliphatic hydroxyl groups excluding tert-OH is 1. The van der Waals surface area contributed by atoms with E-state index in [1.807, 2.05) is 6.92 Å². The zero-order valence-corrected chi connectivity index (χ0v) is 12.3. The van der Waals surface area contributed by atoms with Crippen LogP contribution in [-0.4, -0.2) is 35.6 Å². The fourth-order valence-corrected chi connectivity index (χ4v) is 3.34.